The lowest BCUT2D eigenvalue weighted by Gasteiger charge is -2.00. The molecule has 4 nitrogen and oxygen atoms in total. The summed E-state index contributed by atoms with van der Waals surface area (Å²) in [4.78, 5) is 4.30. The first-order valence-corrected chi connectivity index (χ1v) is 6.04. The van der Waals surface area contributed by atoms with Crippen LogP contribution in [0.4, 0.5) is 0 Å². The first-order valence-electron chi connectivity index (χ1n) is 6.04. The van der Waals surface area contributed by atoms with Crippen LogP contribution in [0.3, 0.4) is 0 Å². The van der Waals surface area contributed by atoms with Gasteiger partial charge in [-0.15, -0.1) is 6.58 Å². The Morgan fingerprint density at radius 2 is 2.11 bits per heavy atom. The molecular weight excluding hydrogens is 226 g/mol. The first-order chi connectivity index (χ1) is 8.74. The minimum absolute atomic E-state index is 0.279. The summed E-state index contributed by atoms with van der Waals surface area (Å²) in [5.74, 6) is 1.02. The normalized spacial score (nSPS) is 12.3. The summed E-state index contributed by atoms with van der Waals surface area (Å²) >= 11 is 0. The number of aromatic nitrogens is 2. The molecule has 0 spiro atoms. The second kappa shape index (κ2) is 5.60. The molecule has 1 atom stereocenters. The maximum absolute atomic E-state index is 5.88. The van der Waals surface area contributed by atoms with Gasteiger partial charge in [0.15, 0.2) is 0 Å². The van der Waals surface area contributed by atoms with Crippen molar-refractivity contribution < 1.29 is 4.52 Å². The fraction of sp³-hybridized carbons (Fsp3) is 0.286. The second-order valence-electron chi connectivity index (χ2n) is 4.14. The van der Waals surface area contributed by atoms with Gasteiger partial charge in [-0.25, -0.2) is 0 Å². The smallest absolute Gasteiger partial charge is 0.244 e. The van der Waals surface area contributed by atoms with E-state index >= 15 is 0 Å². The minimum Gasteiger partial charge on any atom is -0.337 e. The van der Waals surface area contributed by atoms with Crippen molar-refractivity contribution in [2.75, 3.05) is 0 Å². The van der Waals surface area contributed by atoms with Gasteiger partial charge in [-0.3, -0.25) is 0 Å². The summed E-state index contributed by atoms with van der Waals surface area (Å²) in [6, 6.07) is 7.84. The van der Waals surface area contributed by atoms with Crippen molar-refractivity contribution in [2.45, 2.75) is 25.8 Å². The molecule has 1 heterocycles. The van der Waals surface area contributed by atoms with Crippen LogP contribution in [-0.4, -0.2) is 10.1 Å². The van der Waals surface area contributed by atoms with E-state index in [2.05, 4.69) is 35.8 Å². The van der Waals surface area contributed by atoms with Gasteiger partial charge in [0.05, 0.1) is 6.04 Å². The molecule has 0 aliphatic rings. The highest BCUT2D eigenvalue weighted by molar-refractivity contribution is 5.54. The molecule has 2 aromatic rings. The number of benzene rings is 1. The molecule has 0 aliphatic carbocycles. The Bertz CT molecular complexity index is 516. The average Bonchev–Trinajstić information content (AvgIpc) is 2.89. The Kier molecular flexibility index (Phi) is 3.89. The SMILES string of the molecule is C=CCC(N)c1nc(-c2ccc(CC)cc2)no1. The zero-order chi connectivity index (χ0) is 13.0. The van der Waals surface area contributed by atoms with Crippen LogP contribution in [0.15, 0.2) is 41.4 Å². The van der Waals surface area contributed by atoms with E-state index in [0.29, 0.717) is 18.1 Å². The van der Waals surface area contributed by atoms with Crippen LogP contribution in [0.1, 0.15) is 30.8 Å². The third-order valence-corrected chi connectivity index (χ3v) is 2.80. The summed E-state index contributed by atoms with van der Waals surface area (Å²) in [5.41, 5.74) is 8.10. The lowest BCUT2D eigenvalue weighted by atomic mass is 10.1. The van der Waals surface area contributed by atoms with Crippen molar-refractivity contribution in [3.63, 3.8) is 0 Å². The summed E-state index contributed by atoms with van der Waals surface area (Å²) in [7, 11) is 0. The van der Waals surface area contributed by atoms with E-state index in [4.69, 9.17) is 10.3 Å². The summed E-state index contributed by atoms with van der Waals surface area (Å²) < 4.78 is 5.16. The van der Waals surface area contributed by atoms with Crippen molar-refractivity contribution in [1.82, 2.24) is 10.1 Å². The molecule has 0 fully saturated rings. The van der Waals surface area contributed by atoms with Crippen molar-refractivity contribution in [3.8, 4) is 11.4 Å². The van der Waals surface area contributed by atoms with Gasteiger partial charge in [-0.2, -0.15) is 4.98 Å². The van der Waals surface area contributed by atoms with Crippen LogP contribution in [-0.2, 0) is 6.42 Å². The Labute approximate surface area is 107 Å². The maximum Gasteiger partial charge on any atom is 0.244 e. The topological polar surface area (TPSA) is 64.9 Å². The van der Waals surface area contributed by atoms with Crippen molar-refractivity contribution >= 4 is 0 Å². The molecule has 0 amide bonds. The number of rotatable bonds is 5. The largest absolute Gasteiger partial charge is 0.337 e. The highest BCUT2D eigenvalue weighted by Gasteiger charge is 2.14. The van der Waals surface area contributed by atoms with Crippen LogP contribution >= 0.6 is 0 Å². The molecule has 0 saturated heterocycles. The second-order valence-corrected chi connectivity index (χ2v) is 4.14. The lowest BCUT2D eigenvalue weighted by Crippen LogP contribution is -2.09. The van der Waals surface area contributed by atoms with Gasteiger partial charge in [0.25, 0.3) is 0 Å². The van der Waals surface area contributed by atoms with Gasteiger partial charge in [-0.05, 0) is 18.4 Å². The van der Waals surface area contributed by atoms with Crippen molar-refractivity contribution in [2.24, 2.45) is 5.73 Å². The monoisotopic (exact) mass is 243 g/mol. The number of hydrogen-bond donors (Lipinski definition) is 1. The Hall–Kier alpha value is -1.94. The predicted octanol–water partition coefficient (Wildman–Crippen LogP) is 2.87. The Morgan fingerprint density at radius 1 is 1.39 bits per heavy atom. The van der Waals surface area contributed by atoms with Crippen LogP contribution in [0.5, 0.6) is 0 Å². The Balaban J connectivity index is 2.20. The first kappa shape index (κ1) is 12.5. The van der Waals surface area contributed by atoms with E-state index in [0.717, 1.165) is 12.0 Å². The van der Waals surface area contributed by atoms with E-state index in [1.54, 1.807) is 6.08 Å². The molecule has 2 N–H and O–H groups in total. The van der Waals surface area contributed by atoms with Gasteiger partial charge in [0.1, 0.15) is 0 Å². The fourth-order valence-electron chi connectivity index (χ4n) is 1.67. The molecule has 0 radical (unpaired) electrons. The van der Waals surface area contributed by atoms with E-state index in [1.165, 1.54) is 5.56 Å². The van der Waals surface area contributed by atoms with Gasteiger partial charge < -0.3 is 10.3 Å². The highest BCUT2D eigenvalue weighted by Crippen LogP contribution is 2.19. The maximum atomic E-state index is 5.88. The minimum atomic E-state index is -0.279. The van der Waals surface area contributed by atoms with Crippen LogP contribution in [0.2, 0.25) is 0 Å². The summed E-state index contributed by atoms with van der Waals surface area (Å²) in [6.07, 6.45) is 3.38. The average molecular weight is 243 g/mol. The van der Waals surface area contributed by atoms with Gasteiger partial charge >= 0.3 is 0 Å². The number of nitrogens with two attached hydrogens (primary N) is 1. The van der Waals surface area contributed by atoms with E-state index in [1.807, 2.05) is 12.1 Å². The fourth-order valence-corrected chi connectivity index (χ4v) is 1.67. The molecule has 4 heteroatoms. The summed E-state index contributed by atoms with van der Waals surface area (Å²) in [5, 5.41) is 3.94. The van der Waals surface area contributed by atoms with Crippen LogP contribution in [0.25, 0.3) is 11.4 Å². The molecule has 18 heavy (non-hydrogen) atoms. The third kappa shape index (κ3) is 2.65. The molecule has 1 unspecified atom stereocenters. The molecule has 1 aromatic heterocycles. The summed E-state index contributed by atoms with van der Waals surface area (Å²) in [6.45, 7) is 5.76. The van der Waals surface area contributed by atoms with Crippen molar-refractivity contribution in [3.05, 3.63) is 48.4 Å². The molecule has 1 aromatic carbocycles. The molecule has 0 bridgehead atoms. The van der Waals surface area contributed by atoms with E-state index < -0.39 is 0 Å². The number of nitrogens with zero attached hydrogens (tertiary/aromatic N) is 2. The number of aryl methyl sites for hydroxylation is 1. The van der Waals surface area contributed by atoms with Gasteiger partial charge in [0.2, 0.25) is 11.7 Å². The van der Waals surface area contributed by atoms with Crippen LogP contribution in [0, 0.1) is 0 Å². The zero-order valence-corrected chi connectivity index (χ0v) is 10.5. The van der Waals surface area contributed by atoms with Crippen molar-refractivity contribution in [1.29, 1.82) is 0 Å². The van der Waals surface area contributed by atoms with E-state index in [9.17, 15) is 0 Å². The molecule has 94 valence electrons. The lowest BCUT2D eigenvalue weighted by molar-refractivity contribution is 0.356. The zero-order valence-electron chi connectivity index (χ0n) is 10.5. The highest BCUT2D eigenvalue weighted by atomic mass is 16.5. The quantitative estimate of drug-likeness (QED) is 0.820. The Morgan fingerprint density at radius 3 is 2.72 bits per heavy atom. The molecule has 0 aliphatic heterocycles. The van der Waals surface area contributed by atoms with Gasteiger partial charge in [0, 0.05) is 5.56 Å². The van der Waals surface area contributed by atoms with E-state index in [-0.39, 0.29) is 6.04 Å². The molecule has 0 saturated carbocycles. The standard InChI is InChI=1S/C14H17N3O/c1-3-5-12(15)14-16-13(17-18-14)11-8-6-10(4-2)7-9-11/h3,6-9,12H,1,4-5,15H2,2H3. The van der Waals surface area contributed by atoms with Gasteiger partial charge in [-0.1, -0.05) is 42.4 Å². The third-order valence-electron chi connectivity index (χ3n) is 2.80. The number of hydrogen-bond acceptors (Lipinski definition) is 4. The predicted molar refractivity (Wildman–Crippen MR) is 70.9 cm³/mol. The molecular formula is C14H17N3O. The molecule has 2 rings (SSSR count). The van der Waals surface area contributed by atoms with Crippen LogP contribution < -0.4 is 5.73 Å².